The predicted molar refractivity (Wildman–Crippen MR) is 144 cm³/mol. The molecule has 0 aromatic rings. The Balaban J connectivity index is 1.45. The number of hydrogen-bond acceptors (Lipinski definition) is 6. The van der Waals surface area contributed by atoms with Crippen molar-refractivity contribution >= 4 is 5.97 Å². The van der Waals surface area contributed by atoms with Gasteiger partial charge in [-0.15, -0.1) is 0 Å². The van der Waals surface area contributed by atoms with Gasteiger partial charge in [0, 0.05) is 29.6 Å². The van der Waals surface area contributed by atoms with Crippen molar-refractivity contribution in [3.63, 3.8) is 0 Å². The summed E-state index contributed by atoms with van der Waals surface area (Å²) in [4.78, 5) is 11.9. The third-order valence-electron chi connectivity index (χ3n) is 14.4. The van der Waals surface area contributed by atoms with Gasteiger partial charge >= 0.3 is 5.97 Å². The van der Waals surface area contributed by atoms with Crippen LogP contribution in [0.1, 0.15) is 93.4 Å². The van der Waals surface area contributed by atoms with Crippen molar-refractivity contribution in [1.29, 1.82) is 0 Å². The maximum atomic E-state index is 11.9. The zero-order chi connectivity index (χ0) is 27.7. The van der Waals surface area contributed by atoms with Crippen molar-refractivity contribution in [1.82, 2.24) is 0 Å². The van der Waals surface area contributed by atoms with Gasteiger partial charge in [0.05, 0.1) is 18.8 Å². The summed E-state index contributed by atoms with van der Waals surface area (Å²) in [6, 6.07) is 0. The lowest BCUT2D eigenvalue weighted by Gasteiger charge is -2.75. The fourth-order valence-corrected chi connectivity index (χ4v) is 11.7. The minimum Gasteiger partial charge on any atom is -0.465 e. The summed E-state index contributed by atoms with van der Waals surface area (Å²) in [5.41, 5.74) is 0.577. The molecule has 7 rings (SSSR count). The Bertz CT molecular complexity index is 1040. The van der Waals surface area contributed by atoms with Gasteiger partial charge in [-0.05, 0) is 78.9 Å². The highest BCUT2D eigenvalue weighted by molar-refractivity contribution is 5.66. The second kappa shape index (κ2) is 8.08. The molecule has 2 saturated heterocycles. The largest absolute Gasteiger partial charge is 0.465 e. The van der Waals surface area contributed by atoms with Crippen LogP contribution in [0, 0.1) is 56.7 Å². The van der Waals surface area contributed by atoms with Gasteiger partial charge in [-0.25, -0.2) is 0 Å². The Morgan fingerprint density at radius 2 is 1.74 bits per heavy atom. The number of carbonyl (C=O) groups excluding carboxylic acids is 1. The van der Waals surface area contributed by atoms with Crippen LogP contribution in [0.4, 0.5) is 0 Å². The summed E-state index contributed by atoms with van der Waals surface area (Å²) < 4.78 is 12.0. The highest BCUT2D eigenvalue weighted by Gasteiger charge is 2.74. The van der Waals surface area contributed by atoms with Crippen LogP contribution in [-0.4, -0.2) is 52.5 Å². The molecule has 38 heavy (non-hydrogen) atoms. The second-order valence-corrected chi connectivity index (χ2v) is 15.5. The maximum Gasteiger partial charge on any atom is 0.302 e. The van der Waals surface area contributed by atoms with Gasteiger partial charge in [0.15, 0.2) is 5.79 Å². The summed E-state index contributed by atoms with van der Waals surface area (Å²) >= 11 is 0. The molecule has 0 aromatic heterocycles. The molecular weight excluding hydrogens is 480 g/mol. The molecule has 12 atom stereocenters. The van der Waals surface area contributed by atoms with Crippen LogP contribution in [0.2, 0.25) is 0 Å². The van der Waals surface area contributed by atoms with Crippen molar-refractivity contribution in [2.75, 3.05) is 13.2 Å². The molecule has 4 saturated carbocycles. The van der Waals surface area contributed by atoms with E-state index in [1.54, 1.807) is 0 Å². The first-order valence-corrected chi connectivity index (χ1v) is 15.2. The van der Waals surface area contributed by atoms with E-state index in [9.17, 15) is 20.1 Å². The van der Waals surface area contributed by atoms with Crippen LogP contribution in [0.3, 0.4) is 0 Å². The third-order valence-corrected chi connectivity index (χ3v) is 14.4. The lowest BCUT2D eigenvalue weighted by atomic mass is 9.32. The minimum absolute atomic E-state index is 0.0490. The topological polar surface area (TPSA) is 96.2 Å². The predicted octanol–water partition coefficient (Wildman–Crippen LogP) is 4.85. The molecule has 214 valence electrons. The van der Waals surface area contributed by atoms with Crippen LogP contribution in [-0.2, 0) is 14.3 Å². The maximum absolute atomic E-state index is 11.9. The number of ether oxygens (including phenoxy) is 2. The second-order valence-electron chi connectivity index (χ2n) is 15.5. The van der Waals surface area contributed by atoms with Gasteiger partial charge in [-0.2, -0.15) is 0 Å². The van der Waals surface area contributed by atoms with E-state index in [1.165, 1.54) is 12.5 Å². The van der Waals surface area contributed by atoms with E-state index in [0.29, 0.717) is 24.9 Å². The van der Waals surface area contributed by atoms with E-state index in [4.69, 9.17) is 9.47 Å². The number of carbonyl (C=O) groups is 1. The normalized spacial score (nSPS) is 56.6. The molecule has 3 N–H and O–H groups in total. The molecule has 6 fully saturated rings. The number of esters is 1. The molecule has 0 radical (unpaired) electrons. The van der Waals surface area contributed by atoms with Gasteiger partial charge in [0.1, 0.15) is 6.61 Å². The fourth-order valence-electron chi connectivity index (χ4n) is 11.7. The Morgan fingerprint density at radius 1 is 1.03 bits per heavy atom. The molecule has 2 heterocycles. The quantitative estimate of drug-likeness (QED) is 0.349. The number of aliphatic hydroxyl groups is 3. The molecular formula is C32H50O6. The number of aliphatic hydroxyl groups excluding tert-OH is 2. The molecule has 5 aliphatic carbocycles. The lowest BCUT2D eigenvalue weighted by Crippen LogP contribution is -2.73. The molecule has 2 aliphatic heterocycles. The Labute approximate surface area is 228 Å². The molecule has 6 heteroatoms. The van der Waals surface area contributed by atoms with E-state index in [-0.39, 0.29) is 52.0 Å². The highest BCUT2D eigenvalue weighted by atomic mass is 16.6. The van der Waals surface area contributed by atoms with Gasteiger partial charge in [0.25, 0.3) is 0 Å². The number of fused-ring (bicyclic) bond motifs is 7. The molecule has 2 bridgehead atoms. The fraction of sp³-hybridized carbons (Fsp3) is 0.906. The van der Waals surface area contributed by atoms with Crippen molar-refractivity contribution in [2.24, 2.45) is 56.7 Å². The van der Waals surface area contributed by atoms with Crippen molar-refractivity contribution in [2.45, 2.75) is 111 Å². The average Bonchev–Trinajstić information content (AvgIpc) is 2.86. The summed E-state index contributed by atoms with van der Waals surface area (Å²) in [5, 5.41) is 34.1. The molecule has 1 spiro atoms. The van der Waals surface area contributed by atoms with E-state index in [2.05, 4.69) is 47.6 Å². The van der Waals surface area contributed by atoms with Crippen LogP contribution in [0.5, 0.6) is 0 Å². The van der Waals surface area contributed by atoms with Crippen LogP contribution < -0.4 is 0 Å². The average molecular weight is 531 g/mol. The number of hydrogen-bond donors (Lipinski definition) is 3. The van der Waals surface area contributed by atoms with Crippen LogP contribution in [0.15, 0.2) is 11.6 Å². The molecule has 0 amide bonds. The summed E-state index contributed by atoms with van der Waals surface area (Å²) in [6.07, 6.45) is 7.33. The lowest BCUT2D eigenvalue weighted by molar-refractivity contribution is -0.395. The minimum atomic E-state index is -1.02. The Hall–Kier alpha value is -0.950. The SMILES string of the molecule is CC(=O)OCC12CCC3(C)C(=CCC4C56CCC(O)(OC5)C(C)(C)C6CCC43C)C1C(C)C(C)C(O)C2O. The smallest absolute Gasteiger partial charge is 0.302 e. The third kappa shape index (κ3) is 2.97. The van der Waals surface area contributed by atoms with Crippen molar-refractivity contribution in [3.8, 4) is 0 Å². The van der Waals surface area contributed by atoms with Gasteiger partial charge in [-0.3, -0.25) is 4.79 Å². The first-order chi connectivity index (χ1) is 17.6. The van der Waals surface area contributed by atoms with E-state index in [0.717, 1.165) is 38.5 Å². The Morgan fingerprint density at radius 3 is 2.37 bits per heavy atom. The van der Waals surface area contributed by atoms with Crippen molar-refractivity contribution in [3.05, 3.63) is 11.6 Å². The zero-order valence-electron chi connectivity index (χ0n) is 24.5. The molecule has 7 aliphatic rings. The van der Waals surface area contributed by atoms with E-state index in [1.807, 2.05) is 0 Å². The van der Waals surface area contributed by atoms with Crippen LogP contribution >= 0.6 is 0 Å². The molecule has 12 unspecified atom stereocenters. The van der Waals surface area contributed by atoms with Gasteiger partial charge in [-0.1, -0.05) is 53.2 Å². The van der Waals surface area contributed by atoms with Gasteiger partial charge in [0.2, 0.25) is 0 Å². The standard InChI is InChI=1S/C32H50O6/c1-18-19(2)25(34)26(35)31(16-37-20(3)33)13-12-28(6)21(24(18)31)8-9-23-29(28,7)11-10-22-27(4,5)32(36)15-14-30(22,23)17-38-32/h8,18-19,22-26,34-36H,9-17H2,1-7H3. The first kappa shape index (κ1) is 27.2. The zero-order valence-corrected chi connectivity index (χ0v) is 24.5. The number of rotatable bonds is 2. The van der Waals surface area contributed by atoms with Gasteiger partial charge < -0.3 is 24.8 Å². The summed E-state index contributed by atoms with van der Waals surface area (Å²) in [6.45, 7) is 16.0. The van der Waals surface area contributed by atoms with E-state index >= 15 is 0 Å². The summed E-state index contributed by atoms with van der Waals surface area (Å²) in [5.74, 6) is -0.274. The first-order valence-electron chi connectivity index (χ1n) is 15.2. The molecule has 6 nitrogen and oxygen atoms in total. The van der Waals surface area contributed by atoms with Crippen LogP contribution in [0.25, 0.3) is 0 Å². The molecule has 0 aromatic carbocycles. The van der Waals surface area contributed by atoms with E-state index < -0.39 is 23.4 Å². The van der Waals surface area contributed by atoms with Crippen molar-refractivity contribution < 1.29 is 29.6 Å². The summed E-state index contributed by atoms with van der Waals surface area (Å²) in [7, 11) is 0. The Kier molecular flexibility index (Phi) is 5.79. The number of allylic oxidation sites excluding steroid dienone is 2. The monoisotopic (exact) mass is 530 g/mol. The highest BCUT2D eigenvalue weighted by Crippen LogP contribution is 2.77.